The number of methoxy groups -OCH3 is 1. The lowest BCUT2D eigenvalue weighted by Crippen LogP contribution is -2.19. The standard InChI is InChI=1S/C10H13BrO3S2/c1-7(10(12)14-2)5-16(13)6-9-3-8(11)4-15-9/h3-4,7H,5-6H2,1-2H3. The van der Waals surface area contributed by atoms with E-state index in [1.54, 1.807) is 18.3 Å². The summed E-state index contributed by atoms with van der Waals surface area (Å²) in [6.07, 6.45) is 0. The highest BCUT2D eigenvalue weighted by Crippen LogP contribution is 2.21. The van der Waals surface area contributed by atoms with Gasteiger partial charge >= 0.3 is 5.97 Å². The van der Waals surface area contributed by atoms with Crippen molar-refractivity contribution in [3.63, 3.8) is 0 Å². The van der Waals surface area contributed by atoms with Gasteiger partial charge in [0.2, 0.25) is 0 Å². The van der Waals surface area contributed by atoms with Crippen molar-refractivity contribution in [2.75, 3.05) is 12.9 Å². The van der Waals surface area contributed by atoms with Crippen molar-refractivity contribution in [2.24, 2.45) is 5.92 Å². The van der Waals surface area contributed by atoms with Gasteiger partial charge in [-0.1, -0.05) is 6.92 Å². The van der Waals surface area contributed by atoms with E-state index in [1.165, 1.54) is 7.11 Å². The number of hydrogen-bond donors (Lipinski definition) is 0. The Bertz CT molecular complexity index is 389. The zero-order chi connectivity index (χ0) is 12.1. The number of hydrogen-bond acceptors (Lipinski definition) is 4. The fourth-order valence-corrected chi connectivity index (χ4v) is 4.31. The molecule has 3 nitrogen and oxygen atoms in total. The lowest BCUT2D eigenvalue weighted by Gasteiger charge is -2.07. The highest BCUT2D eigenvalue weighted by atomic mass is 79.9. The molecule has 0 bridgehead atoms. The van der Waals surface area contributed by atoms with Gasteiger partial charge in [-0.3, -0.25) is 9.00 Å². The average molecular weight is 325 g/mol. The second kappa shape index (κ2) is 6.51. The SMILES string of the molecule is COC(=O)C(C)CS(=O)Cc1cc(Br)cs1. The summed E-state index contributed by atoms with van der Waals surface area (Å²) in [5.74, 6) is 0.231. The van der Waals surface area contributed by atoms with Crippen LogP contribution >= 0.6 is 27.3 Å². The van der Waals surface area contributed by atoms with E-state index in [9.17, 15) is 9.00 Å². The van der Waals surface area contributed by atoms with E-state index in [0.717, 1.165) is 9.35 Å². The Kier molecular flexibility index (Phi) is 5.64. The Morgan fingerprint density at radius 3 is 2.88 bits per heavy atom. The van der Waals surface area contributed by atoms with E-state index < -0.39 is 10.8 Å². The summed E-state index contributed by atoms with van der Waals surface area (Å²) in [4.78, 5) is 12.2. The van der Waals surface area contributed by atoms with Crippen LogP contribution in [0.25, 0.3) is 0 Å². The molecule has 0 spiro atoms. The minimum Gasteiger partial charge on any atom is -0.469 e. The minimum absolute atomic E-state index is 0.305. The molecule has 2 atom stereocenters. The molecule has 90 valence electrons. The third kappa shape index (κ3) is 4.35. The van der Waals surface area contributed by atoms with Gasteiger partial charge in [0.1, 0.15) is 0 Å². The second-order valence-corrected chi connectivity index (χ2v) is 6.82. The lowest BCUT2D eigenvalue weighted by molar-refractivity contribution is -0.144. The second-order valence-electron chi connectivity index (χ2n) is 3.41. The van der Waals surface area contributed by atoms with E-state index in [2.05, 4.69) is 20.7 Å². The summed E-state index contributed by atoms with van der Waals surface area (Å²) in [6.45, 7) is 1.73. The van der Waals surface area contributed by atoms with Crippen LogP contribution in [0.2, 0.25) is 0 Å². The van der Waals surface area contributed by atoms with Gasteiger partial charge in [-0.15, -0.1) is 11.3 Å². The van der Waals surface area contributed by atoms with Crippen LogP contribution < -0.4 is 0 Å². The molecule has 0 amide bonds. The molecular formula is C10H13BrO3S2. The molecule has 0 N–H and O–H groups in total. The maximum absolute atomic E-state index is 11.7. The molecule has 1 aromatic rings. The fourth-order valence-electron chi connectivity index (χ4n) is 1.20. The van der Waals surface area contributed by atoms with E-state index in [0.29, 0.717) is 11.5 Å². The number of carbonyl (C=O) groups is 1. The lowest BCUT2D eigenvalue weighted by atomic mass is 10.2. The maximum Gasteiger partial charge on any atom is 0.309 e. The largest absolute Gasteiger partial charge is 0.469 e. The monoisotopic (exact) mass is 324 g/mol. The van der Waals surface area contributed by atoms with Crippen LogP contribution in [0.1, 0.15) is 11.8 Å². The topological polar surface area (TPSA) is 43.4 Å². The molecule has 0 saturated heterocycles. The minimum atomic E-state index is -1.02. The fraction of sp³-hybridized carbons (Fsp3) is 0.500. The number of rotatable bonds is 5. The molecule has 6 heteroatoms. The Morgan fingerprint density at radius 2 is 2.38 bits per heavy atom. The van der Waals surface area contributed by atoms with Crippen molar-refractivity contribution >= 4 is 44.0 Å². The third-order valence-corrected chi connectivity index (χ3v) is 5.35. The number of carbonyl (C=O) groups excluding carboxylic acids is 1. The average Bonchev–Trinajstić information content (AvgIpc) is 2.62. The van der Waals surface area contributed by atoms with Gasteiger partial charge in [-0.25, -0.2) is 0 Å². The summed E-state index contributed by atoms with van der Waals surface area (Å²) in [5.41, 5.74) is 0. The molecule has 0 fully saturated rings. The highest BCUT2D eigenvalue weighted by Gasteiger charge is 2.16. The zero-order valence-corrected chi connectivity index (χ0v) is 12.3. The van der Waals surface area contributed by atoms with Gasteiger partial charge in [0, 0.05) is 31.3 Å². The Hall–Kier alpha value is -0.200. The van der Waals surface area contributed by atoms with Crippen LogP contribution in [-0.4, -0.2) is 23.0 Å². The van der Waals surface area contributed by atoms with Crippen LogP contribution in [0.3, 0.4) is 0 Å². The van der Waals surface area contributed by atoms with Crippen molar-refractivity contribution < 1.29 is 13.7 Å². The van der Waals surface area contributed by atoms with Gasteiger partial charge < -0.3 is 4.74 Å². The van der Waals surface area contributed by atoms with E-state index in [-0.39, 0.29) is 11.9 Å². The van der Waals surface area contributed by atoms with Gasteiger partial charge in [-0.2, -0.15) is 0 Å². The molecule has 16 heavy (non-hydrogen) atoms. The summed E-state index contributed by atoms with van der Waals surface area (Å²) < 4.78 is 17.3. The molecule has 2 unspecified atom stereocenters. The Balaban J connectivity index is 2.45. The third-order valence-electron chi connectivity index (χ3n) is 1.96. The summed E-state index contributed by atoms with van der Waals surface area (Å²) in [6, 6.07) is 1.95. The van der Waals surface area contributed by atoms with E-state index >= 15 is 0 Å². The van der Waals surface area contributed by atoms with Crippen LogP contribution in [0.5, 0.6) is 0 Å². The van der Waals surface area contributed by atoms with Crippen LogP contribution in [0.15, 0.2) is 15.9 Å². The number of halogens is 1. The molecule has 1 rings (SSSR count). The predicted molar refractivity (Wildman–Crippen MR) is 69.9 cm³/mol. The van der Waals surface area contributed by atoms with E-state index in [4.69, 9.17) is 0 Å². The molecule has 0 aliphatic heterocycles. The number of ether oxygens (including phenoxy) is 1. The highest BCUT2D eigenvalue weighted by molar-refractivity contribution is 9.10. The van der Waals surface area contributed by atoms with Crippen molar-refractivity contribution in [3.05, 3.63) is 20.8 Å². The summed E-state index contributed by atoms with van der Waals surface area (Å²) in [7, 11) is 0.324. The molecule has 0 aliphatic carbocycles. The summed E-state index contributed by atoms with van der Waals surface area (Å²) >= 11 is 4.91. The number of thiophene rings is 1. The molecule has 0 radical (unpaired) electrons. The van der Waals surface area contributed by atoms with Crippen molar-refractivity contribution in [2.45, 2.75) is 12.7 Å². The van der Waals surface area contributed by atoms with Crippen molar-refractivity contribution in [3.8, 4) is 0 Å². The molecule has 1 aromatic heterocycles. The summed E-state index contributed by atoms with van der Waals surface area (Å²) in [5, 5.41) is 1.95. The molecule has 0 aliphatic rings. The van der Waals surface area contributed by atoms with Crippen molar-refractivity contribution in [1.82, 2.24) is 0 Å². The van der Waals surface area contributed by atoms with Gasteiger partial charge in [0.05, 0.1) is 18.8 Å². The normalized spacial score (nSPS) is 14.4. The quantitative estimate of drug-likeness (QED) is 0.782. The molecule has 0 saturated carbocycles. The first-order valence-electron chi connectivity index (χ1n) is 4.68. The predicted octanol–water partition coefficient (Wildman–Crippen LogP) is 2.57. The first-order valence-corrected chi connectivity index (χ1v) is 7.84. The van der Waals surface area contributed by atoms with Gasteiger partial charge in [0.15, 0.2) is 0 Å². The van der Waals surface area contributed by atoms with Crippen LogP contribution in [0, 0.1) is 5.92 Å². The molecule has 0 aromatic carbocycles. The van der Waals surface area contributed by atoms with Crippen LogP contribution in [-0.2, 0) is 26.1 Å². The zero-order valence-electron chi connectivity index (χ0n) is 9.07. The molecule has 1 heterocycles. The van der Waals surface area contributed by atoms with Gasteiger partial charge in [-0.05, 0) is 22.0 Å². The van der Waals surface area contributed by atoms with Crippen molar-refractivity contribution in [1.29, 1.82) is 0 Å². The molecular weight excluding hydrogens is 312 g/mol. The Labute approximate surface area is 110 Å². The van der Waals surface area contributed by atoms with Crippen LogP contribution in [0.4, 0.5) is 0 Å². The first kappa shape index (κ1) is 13.9. The first-order chi connectivity index (χ1) is 7.52. The smallest absolute Gasteiger partial charge is 0.309 e. The maximum atomic E-state index is 11.7. The van der Waals surface area contributed by atoms with Gasteiger partial charge in [0.25, 0.3) is 0 Å². The Morgan fingerprint density at radius 1 is 1.69 bits per heavy atom. The van der Waals surface area contributed by atoms with E-state index in [1.807, 2.05) is 11.4 Å². The number of esters is 1.